The summed E-state index contributed by atoms with van der Waals surface area (Å²) in [6.07, 6.45) is 0. The van der Waals surface area contributed by atoms with Gasteiger partial charge in [-0.05, 0) is 47.1 Å². The molecule has 0 amide bonds. The Bertz CT molecular complexity index is 564. The van der Waals surface area contributed by atoms with E-state index in [1.165, 1.54) is 6.07 Å². The van der Waals surface area contributed by atoms with Crippen LogP contribution < -0.4 is 5.32 Å². The molecule has 1 aromatic carbocycles. The van der Waals surface area contributed by atoms with Crippen molar-refractivity contribution in [1.82, 2.24) is 5.32 Å². The van der Waals surface area contributed by atoms with Crippen molar-refractivity contribution in [3.63, 3.8) is 0 Å². The van der Waals surface area contributed by atoms with Crippen molar-refractivity contribution in [1.29, 1.82) is 0 Å². The van der Waals surface area contributed by atoms with E-state index >= 15 is 0 Å². The Balaban J connectivity index is 2.81. The van der Waals surface area contributed by atoms with Crippen LogP contribution in [-0.4, -0.2) is 22.5 Å². The number of hydrogen-bond acceptors (Lipinski definition) is 5. The lowest BCUT2D eigenvalue weighted by molar-refractivity contribution is -0.385. The molecule has 2 atom stereocenters. The van der Waals surface area contributed by atoms with E-state index in [9.17, 15) is 14.9 Å². The molecule has 1 N–H and O–H groups in total. The Morgan fingerprint density at radius 1 is 1.32 bits per heavy atom. The molecular weight excluding hydrogens is 284 g/mol. The van der Waals surface area contributed by atoms with E-state index in [2.05, 4.69) is 5.32 Å². The average Bonchev–Trinajstić information content (AvgIpc) is 2.36. The first-order valence-electron chi connectivity index (χ1n) is 7.25. The second kappa shape index (κ2) is 6.87. The number of carbonyl (C=O) groups is 1. The fraction of sp³-hybridized carbons (Fsp3) is 0.562. The van der Waals surface area contributed by atoms with Gasteiger partial charge in [0.2, 0.25) is 0 Å². The molecule has 0 spiro atoms. The van der Waals surface area contributed by atoms with Gasteiger partial charge in [0.05, 0.1) is 4.92 Å². The number of aryl methyl sites for hydroxylation is 1. The number of esters is 1. The van der Waals surface area contributed by atoms with Crippen molar-refractivity contribution in [2.45, 2.75) is 59.2 Å². The number of nitrogens with zero attached hydrogens (tertiary/aromatic N) is 1. The second-order valence-electron chi connectivity index (χ2n) is 6.45. The van der Waals surface area contributed by atoms with Crippen molar-refractivity contribution < 1.29 is 14.5 Å². The van der Waals surface area contributed by atoms with Gasteiger partial charge in [-0.2, -0.15) is 0 Å². The van der Waals surface area contributed by atoms with Crippen molar-refractivity contribution in [2.24, 2.45) is 0 Å². The predicted octanol–water partition coefficient (Wildman–Crippen LogP) is 3.28. The molecule has 0 heterocycles. The maximum atomic E-state index is 12.0. The zero-order chi connectivity index (χ0) is 17.1. The predicted molar refractivity (Wildman–Crippen MR) is 84.7 cm³/mol. The molecule has 122 valence electrons. The van der Waals surface area contributed by atoms with Gasteiger partial charge in [0.1, 0.15) is 11.6 Å². The van der Waals surface area contributed by atoms with Gasteiger partial charge in [-0.15, -0.1) is 0 Å². The summed E-state index contributed by atoms with van der Waals surface area (Å²) < 4.78 is 5.31. The second-order valence-corrected chi connectivity index (χ2v) is 6.45. The first-order valence-corrected chi connectivity index (χ1v) is 7.25. The topological polar surface area (TPSA) is 81.5 Å². The summed E-state index contributed by atoms with van der Waals surface area (Å²) in [7, 11) is 0. The van der Waals surface area contributed by atoms with Crippen molar-refractivity contribution in [3.8, 4) is 0 Å². The minimum Gasteiger partial charge on any atom is -0.459 e. The number of ether oxygens (including phenoxy) is 1. The summed E-state index contributed by atoms with van der Waals surface area (Å²) in [6.45, 7) is 10.7. The number of nitro groups is 1. The first kappa shape index (κ1) is 18.1. The molecule has 1 rings (SSSR count). The van der Waals surface area contributed by atoms with Crippen LogP contribution in [0.15, 0.2) is 18.2 Å². The van der Waals surface area contributed by atoms with Crippen molar-refractivity contribution in [3.05, 3.63) is 39.4 Å². The first-order chi connectivity index (χ1) is 10.0. The Labute approximate surface area is 131 Å². The number of carbonyl (C=O) groups excluding carboxylic acids is 1. The van der Waals surface area contributed by atoms with Crippen LogP contribution in [0.5, 0.6) is 0 Å². The van der Waals surface area contributed by atoms with Crippen molar-refractivity contribution in [2.75, 3.05) is 0 Å². The maximum Gasteiger partial charge on any atom is 0.323 e. The largest absolute Gasteiger partial charge is 0.459 e. The standard InChI is InChI=1S/C16H24N2O4/c1-10-7-8-13(9-14(10)18(20)21)11(2)17-12(3)15(19)22-16(4,5)6/h7-9,11-12,17H,1-6H3. The molecule has 0 aromatic heterocycles. The number of nitro benzene ring substituents is 1. The van der Waals surface area contributed by atoms with Crippen molar-refractivity contribution >= 4 is 11.7 Å². The highest BCUT2D eigenvalue weighted by molar-refractivity contribution is 5.75. The van der Waals surface area contributed by atoms with E-state index in [0.717, 1.165) is 5.56 Å². The van der Waals surface area contributed by atoms with E-state index in [1.807, 2.05) is 33.8 Å². The van der Waals surface area contributed by atoms with E-state index in [1.54, 1.807) is 19.9 Å². The highest BCUT2D eigenvalue weighted by Gasteiger charge is 2.23. The summed E-state index contributed by atoms with van der Waals surface area (Å²) in [6, 6.07) is 4.36. The van der Waals surface area contributed by atoms with Gasteiger partial charge < -0.3 is 4.74 Å². The van der Waals surface area contributed by atoms with Gasteiger partial charge >= 0.3 is 5.97 Å². The molecule has 0 aliphatic heterocycles. The van der Waals surface area contributed by atoms with Crippen LogP contribution in [0.2, 0.25) is 0 Å². The smallest absolute Gasteiger partial charge is 0.323 e. The highest BCUT2D eigenvalue weighted by atomic mass is 16.6. The van der Waals surface area contributed by atoms with Gasteiger partial charge in [-0.1, -0.05) is 12.1 Å². The monoisotopic (exact) mass is 308 g/mol. The SMILES string of the molecule is Cc1ccc(C(C)NC(C)C(=O)OC(C)(C)C)cc1[N+](=O)[O-]. The molecule has 0 bridgehead atoms. The zero-order valence-corrected chi connectivity index (χ0v) is 14.0. The lowest BCUT2D eigenvalue weighted by atomic mass is 10.0. The molecule has 6 heteroatoms. The third-order valence-electron chi connectivity index (χ3n) is 3.19. The number of benzene rings is 1. The molecule has 22 heavy (non-hydrogen) atoms. The lowest BCUT2D eigenvalue weighted by Crippen LogP contribution is -2.40. The molecule has 0 fully saturated rings. The van der Waals surface area contributed by atoms with Crippen LogP contribution in [0.4, 0.5) is 5.69 Å². The number of rotatable bonds is 5. The van der Waals surface area contributed by atoms with Crippen LogP contribution in [0, 0.1) is 17.0 Å². The van der Waals surface area contributed by atoms with Crippen LogP contribution in [0.3, 0.4) is 0 Å². The summed E-state index contributed by atoms with van der Waals surface area (Å²) in [5.41, 5.74) is 0.906. The zero-order valence-electron chi connectivity index (χ0n) is 14.0. The van der Waals surface area contributed by atoms with Crippen LogP contribution in [0.1, 0.15) is 51.8 Å². The minimum absolute atomic E-state index is 0.0797. The Morgan fingerprint density at radius 2 is 1.91 bits per heavy atom. The van der Waals surface area contributed by atoms with Gasteiger partial charge in [-0.25, -0.2) is 0 Å². The molecule has 6 nitrogen and oxygen atoms in total. The molecule has 0 radical (unpaired) electrons. The van der Waals surface area contributed by atoms with Gasteiger partial charge in [0, 0.05) is 17.7 Å². The molecule has 0 aliphatic rings. The minimum atomic E-state index is -0.543. The normalized spacial score (nSPS) is 14.3. The van der Waals surface area contributed by atoms with Gasteiger partial charge in [-0.3, -0.25) is 20.2 Å². The summed E-state index contributed by atoms with van der Waals surface area (Å²) in [5.74, 6) is -0.346. The van der Waals surface area contributed by atoms with E-state index in [4.69, 9.17) is 4.74 Å². The molecule has 1 aromatic rings. The highest BCUT2D eigenvalue weighted by Crippen LogP contribution is 2.23. The van der Waals surface area contributed by atoms with E-state index in [0.29, 0.717) is 5.56 Å². The molecule has 0 aliphatic carbocycles. The van der Waals surface area contributed by atoms with E-state index < -0.39 is 16.6 Å². The van der Waals surface area contributed by atoms with Gasteiger partial charge in [0.25, 0.3) is 5.69 Å². The summed E-state index contributed by atoms with van der Waals surface area (Å²) >= 11 is 0. The van der Waals surface area contributed by atoms with Crippen LogP contribution in [0.25, 0.3) is 0 Å². The number of hydrogen-bond donors (Lipinski definition) is 1. The third-order valence-corrected chi connectivity index (χ3v) is 3.19. The lowest BCUT2D eigenvalue weighted by Gasteiger charge is -2.24. The maximum absolute atomic E-state index is 12.0. The van der Waals surface area contributed by atoms with E-state index in [-0.39, 0.29) is 17.7 Å². The quantitative estimate of drug-likeness (QED) is 0.513. The number of nitrogens with one attached hydrogen (secondary N) is 1. The Hall–Kier alpha value is -1.95. The molecule has 0 saturated carbocycles. The Morgan fingerprint density at radius 3 is 2.41 bits per heavy atom. The molecular formula is C16H24N2O4. The van der Waals surface area contributed by atoms with Crippen LogP contribution >= 0.6 is 0 Å². The molecule has 2 unspecified atom stereocenters. The summed E-state index contributed by atoms with van der Waals surface area (Å²) in [4.78, 5) is 22.6. The fourth-order valence-corrected chi connectivity index (χ4v) is 2.02. The van der Waals surface area contributed by atoms with Crippen LogP contribution in [-0.2, 0) is 9.53 Å². The van der Waals surface area contributed by atoms with Gasteiger partial charge in [0.15, 0.2) is 0 Å². The summed E-state index contributed by atoms with van der Waals surface area (Å²) in [5, 5.41) is 14.1. The fourth-order valence-electron chi connectivity index (χ4n) is 2.02. The molecule has 0 saturated heterocycles. The Kier molecular flexibility index (Phi) is 5.65. The average molecular weight is 308 g/mol. The third kappa shape index (κ3) is 5.11.